The molecule has 3 heteroatoms. The van der Waals surface area contributed by atoms with E-state index >= 15 is 0 Å². The second-order valence-corrected chi connectivity index (χ2v) is 5.51. The molecule has 0 amide bonds. The zero-order valence-corrected chi connectivity index (χ0v) is 11.8. The summed E-state index contributed by atoms with van der Waals surface area (Å²) in [6.45, 7) is 4.30. The van der Waals surface area contributed by atoms with Gasteiger partial charge >= 0.3 is 5.97 Å². The molecule has 0 spiro atoms. The van der Waals surface area contributed by atoms with Crippen molar-refractivity contribution >= 4 is 5.97 Å². The summed E-state index contributed by atoms with van der Waals surface area (Å²) in [5.74, 6) is 0.924. The maximum Gasteiger partial charge on any atom is 0.306 e. The van der Waals surface area contributed by atoms with Gasteiger partial charge in [-0.15, -0.1) is 0 Å². The van der Waals surface area contributed by atoms with Crippen LogP contribution in [0.2, 0.25) is 0 Å². The van der Waals surface area contributed by atoms with E-state index < -0.39 is 5.97 Å². The molecule has 1 aliphatic rings. The topological polar surface area (TPSA) is 46.5 Å². The zero-order valence-electron chi connectivity index (χ0n) is 11.8. The molecule has 3 unspecified atom stereocenters. The Bertz CT molecular complexity index is 467. The molecule has 1 aromatic rings. The number of carboxylic acid groups (broad SMARTS) is 1. The zero-order chi connectivity index (χ0) is 14.0. The molecule has 1 saturated carbocycles. The van der Waals surface area contributed by atoms with Crippen LogP contribution in [0.25, 0.3) is 0 Å². The van der Waals surface area contributed by atoms with Crippen LogP contribution in [-0.2, 0) is 17.6 Å². The summed E-state index contributed by atoms with van der Waals surface area (Å²) in [5.41, 5.74) is 2.63. The van der Waals surface area contributed by atoms with Crippen LogP contribution < -0.4 is 4.74 Å². The Balaban J connectivity index is 2.05. The first-order valence-corrected chi connectivity index (χ1v) is 6.95. The number of aliphatic carboxylic acids is 1. The van der Waals surface area contributed by atoms with Crippen molar-refractivity contribution in [3.05, 3.63) is 29.3 Å². The number of hydrogen-bond donors (Lipinski definition) is 1. The molecule has 0 saturated heterocycles. The molecule has 2 rings (SSSR count). The van der Waals surface area contributed by atoms with Gasteiger partial charge in [0.05, 0.1) is 13.0 Å². The Kier molecular flexibility index (Phi) is 4.13. The first-order valence-electron chi connectivity index (χ1n) is 6.95. The number of hydrogen-bond acceptors (Lipinski definition) is 2. The van der Waals surface area contributed by atoms with Gasteiger partial charge in [-0.3, -0.25) is 4.79 Å². The summed E-state index contributed by atoms with van der Waals surface area (Å²) >= 11 is 0. The molecule has 0 radical (unpaired) electrons. The molecule has 1 aliphatic carbocycles. The fourth-order valence-electron chi connectivity index (χ4n) is 2.88. The number of carboxylic acids is 1. The Morgan fingerprint density at radius 3 is 2.74 bits per heavy atom. The van der Waals surface area contributed by atoms with E-state index in [2.05, 4.69) is 26.0 Å². The smallest absolute Gasteiger partial charge is 0.306 e. The van der Waals surface area contributed by atoms with Gasteiger partial charge in [-0.25, -0.2) is 0 Å². The third kappa shape index (κ3) is 3.09. The summed E-state index contributed by atoms with van der Waals surface area (Å²) in [6.07, 6.45) is 2.78. The lowest BCUT2D eigenvalue weighted by atomic mass is 9.92. The van der Waals surface area contributed by atoms with E-state index in [1.807, 2.05) is 6.07 Å². The monoisotopic (exact) mass is 262 g/mol. The molecule has 1 N–H and O–H groups in total. The number of ether oxygens (including phenoxy) is 1. The van der Waals surface area contributed by atoms with Gasteiger partial charge in [0.2, 0.25) is 0 Å². The highest BCUT2D eigenvalue weighted by Crippen LogP contribution is 2.45. The third-order valence-electron chi connectivity index (χ3n) is 4.22. The quantitative estimate of drug-likeness (QED) is 0.856. The predicted octanol–water partition coefficient (Wildman–Crippen LogP) is 3.16. The first-order chi connectivity index (χ1) is 9.06. The lowest BCUT2D eigenvalue weighted by Gasteiger charge is -2.15. The Morgan fingerprint density at radius 2 is 2.21 bits per heavy atom. The van der Waals surface area contributed by atoms with Crippen LogP contribution in [0.15, 0.2) is 18.2 Å². The molecule has 19 heavy (non-hydrogen) atoms. The highest BCUT2D eigenvalue weighted by molar-refractivity contribution is 5.73. The van der Waals surface area contributed by atoms with E-state index in [1.54, 1.807) is 7.11 Å². The van der Waals surface area contributed by atoms with E-state index in [4.69, 9.17) is 9.84 Å². The highest BCUT2D eigenvalue weighted by Gasteiger charge is 2.46. The molecule has 3 nitrogen and oxygen atoms in total. The second kappa shape index (κ2) is 5.64. The summed E-state index contributed by atoms with van der Waals surface area (Å²) in [6, 6.07) is 6.19. The molecular formula is C16H22O3. The molecule has 0 aromatic heterocycles. The van der Waals surface area contributed by atoms with Crippen molar-refractivity contribution in [1.29, 1.82) is 0 Å². The van der Waals surface area contributed by atoms with Gasteiger partial charge in [0, 0.05) is 0 Å². The normalized spacial score (nSPS) is 22.9. The number of aryl methyl sites for hydroxylation is 1. The van der Waals surface area contributed by atoms with Gasteiger partial charge in [-0.1, -0.05) is 19.9 Å². The van der Waals surface area contributed by atoms with Crippen molar-refractivity contribution in [1.82, 2.24) is 0 Å². The van der Waals surface area contributed by atoms with Crippen molar-refractivity contribution < 1.29 is 14.6 Å². The largest absolute Gasteiger partial charge is 0.497 e. The van der Waals surface area contributed by atoms with Crippen LogP contribution in [0.1, 0.15) is 31.4 Å². The Hall–Kier alpha value is -1.51. The summed E-state index contributed by atoms with van der Waals surface area (Å²) in [4.78, 5) is 10.9. The summed E-state index contributed by atoms with van der Waals surface area (Å²) in [5, 5.41) is 8.99. The first kappa shape index (κ1) is 13.9. The molecular weight excluding hydrogens is 240 g/mol. The van der Waals surface area contributed by atoms with Crippen LogP contribution in [-0.4, -0.2) is 18.2 Å². The van der Waals surface area contributed by atoms with Gasteiger partial charge in [-0.2, -0.15) is 0 Å². The van der Waals surface area contributed by atoms with E-state index in [0.29, 0.717) is 11.8 Å². The SMILES string of the molecule is CCc1cc(OC)ccc1CC(C)C1CC1C(=O)O. The van der Waals surface area contributed by atoms with Gasteiger partial charge < -0.3 is 9.84 Å². The number of rotatable bonds is 6. The van der Waals surface area contributed by atoms with Crippen molar-refractivity contribution in [3.8, 4) is 5.75 Å². The third-order valence-corrected chi connectivity index (χ3v) is 4.22. The molecule has 1 aromatic carbocycles. The number of benzene rings is 1. The highest BCUT2D eigenvalue weighted by atomic mass is 16.5. The van der Waals surface area contributed by atoms with Crippen molar-refractivity contribution in [2.75, 3.05) is 7.11 Å². The second-order valence-electron chi connectivity index (χ2n) is 5.51. The minimum Gasteiger partial charge on any atom is -0.497 e. The fourth-order valence-corrected chi connectivity index (χ4v) is 2.88. The van der Waals surface area contributed by atoms with E-state index in [1.165, 1.54) is 11.1 Å². The average molecular weight is 262 g/mol. The molecule has 0 aliphatic heterocycles. The number of carbonyl (C=O) groups is 1. The lowest BCUT2D eigenvalue weighted by molar-refractivity contribution is -0.139. The van der Waals surface area contributed by atoms with Crippen LogP contribution in [0.4, 0.5) is 0 Å². The van der Waals surface area contributed by atoms with Crippen molar-refractivity contribution in [2.24, 2.45) is 17.8 Å². The van der Waals surface area contributed by atoms with E-state index in [-0.39, 0.29) is 5.92 Å². The van der Waals surface area contributed by atoms with Crippen LogP contribution >= 0.6 is 0 Å². The van der Waals surface area contributed by atoms with Crippen LogP contribution in [0.5, 0.6) is 5.75 Å². The minimum absolute atomic E-state index is 0.113. The lowest BCUT2D eigenvalue weighted by Crippen LogP contribution is -2.09. The van der Waals surface area contributed by atoms with Gasteiger partial charge in [0.25, 0.3) is 0 Å². The Morgan fingerprint density at radius 1 is 1.47 bits per heavy atom. The minimum atomic E-state index is -0.637. The molecule has 0 bridgehead atoms. The predicted molar refractivity (Wildman–Crippen MR) is 74.5 cm³/mol. The molecule has 104 valence electrons. The fraction of sp³-hybridized carbons (Fsp3) is 0.562. The summed E-state index contributed by atoms with van der Waals surface area (Å²) < 4.78 is 5.25. The van der Waals surface area contributed by atoms with Gasteiger partial charge in [0.15, 0.2) is 0 Å². The maximum absolute atomic E-state index is 10.9. The van der Waals surface area contributed by atoms with Gasteiger partial charge in [-0.05, 0) is 54.4 Å². The van der Waals surface area contributed by atoms with Crippen molar-refractivity contribution in [2.45, 2.75) is 33.1 Å². The van der Waals surface area contributed by atoms with E-state index in [9.17, 15) is 4.79 Å². The van der Waals surface area contributed by atoms with Gasteiger partial charge in [0.1, 0.15) is 5.75 Å². The van der Waals surface area contributed by atoms with Crippen LogP contribution in [0, 0.1) is 17.8 Å². The average Bonchev–Trinajstić information content (AvgIpc) is 3.19. The molecule has 0 heterocycles. The number of methoxy groups -OCH3 is 1. The summed E-state index contributed by atoms with van der Waals surface area (Å²) in [7, 11) is 1.68. The Labute approximate surface area is 114 Å². The molecule has 1 fully saturated rings. The van der Waals surface area contributed by atoms with Crippen LogP contribution in [0.3, 0.4) is 0 Å². The van der Waals surface area contributed by atoms with E-state index in [0.717, 1.165) is 25.0 Å². The maximum atomic E-state index is 10.9. The standard InChI is InChI=1S/C16H22O3/c1-4-11-8-13(19-3)6-5-12(11)7-10(2)14-9-15(14)16(17)18/h5-6,8,10,14-15H,4,7,9H2,1-3H3,(H,17,18). The van der Waals surface area contributed by atoms with Crippen molar-refractivity contribution in [3.63, 3.8) is 0 Å². The molecule has 3 atom stereocenters.